The van der Waals surface area contributed by atoms with Gasteiger partial charge in [0.15, 0.2) is 0 Å². The monoisotopic (exact) mass is 249 g/mol. The summed E-state index contributed by atoms with van der Waals surface area (Å²) < 4.78 is 2.05. The van der Waals surface area contributed by atoms with Crippen LogP contribution in [0.25, 0.3) is 0 Å². The average molecular weight is 249 g/mol. The third-order valence-corrected chi connectivity index (χ3v) is 3.72. The molecule has 0 spiro atoms. The second kappa shape index (κ2) is 6.05. The third-order valence-electron chi connectivity index (χ3n) is 3.72. The van der Waals surface area contributed by atoms with Crippen LogP contribution in [-0.4, -0.2) is 22.6 Å². The van der Waals surface area contributed by atoms with Crippen LogP contribution in [0, 0.1) is 0 Å². The van der Waals surface area contributed by atoms with E-state index in [1.807, 2.05) is 24.5 Å². The summed E-state index contributed by atoms with van der Waals surface area (Å²) in [6.07, 6.45) is 10.0. The molecule has 0 atom stereocenters. The summed E-state index contributed by atoms with van der Waals surface area (Å²) in [4.78, 5) is 11.8. The molecule has 1 saturated carbocycles. The molecule has 1 aliphatic carbocycles. The van der Waals surface area contributed by atoms with Crippen molar-refractivity contribution in [2.75, 3.05) is 6.54 Å². The number of nitrogens with zero attached hydrogens (tertiary/aromatic N) is 1. The van der Waals surface area contributed by atoms with Crippen molar-refractivity contribution in [3.05, 3.63) is 24.5 Å². The Hall–Kier alpha value is -1.29. The Bertz CT molecular complexity index is 366. The van der Waals surface area contributed by atoms with Gasteiger partial charge < -0.3 is 15.6 Å². The van der Waals surface area contributed by atoms with Crippen LogP contribution in [0.5, 0.6) is 0 Å². The molecule has 3 N–H and O–H groups in total. The molecular weight excluding hydrogens is 226 g/mol. The molecule has 100 valence electrons. The van der Waals surface area contributed by atoms with Gasteiger partial charge in [0.25, 0.3) is 0 Å². The summed E-state index contributed by atoms with van der Waals surface area (Å²) in [7, 11) is 0. The van der Waals surface area contributed by atoms with Crippen molar-refractivity contribution in [2.24, 2.45) is 5.73 Å². The highest BCUT2D eigenvalue weighted by molar-refractivity contribution is 5.77. The molecule has 1 aromatic heterocycles. The van der Waals surface area contributed by atoms with Crippen LogP contribution in [0.3, 0.4) is 0 Å². The maximum atomic E-state index is 11.8. The fourth-order valence-electron chi connectivity index (χ4n) is 2.66. The number of aromatic nitrogens is 1. The number of hydrogen-bond acceptors (Lipinski definition) is 2. The molecule has 4 nitrogen and oxygen atoms in total. The smallest absolute Gasteiger partial charge is 0.221 e. The molecule has 0 aromatic carbocycles. The maximum absolute atomic E-state index is 11.8. The number of carbonyl (C=O) groups excluding carboxylic acids is 1. The predicted molar refractivity (Wildman–Crippen MR) is 72.1 cm³/mol. The van der Waals surface area contributed by atoms with Gasteiger partial charge >= 0.3 is 0 Å². The minimum Gasteiger partial charge on any atom is -0.354 e. The van der Waals surface area contributed by atoms with E-state index in [0.717, 1.165) is 32.2 Å². The van der Waals surface area contributed by atoms with E-state index in [1.54, 1.807) is 0 Å². The van der Waals surface area contributed by atoms with E-state index in [2.05, 4.69) is 9.88 Å². The molecular formula is C14H23N3O. The Kier molecular flexibility index (Phi) is 4.42. The second-order valence-corrected chi connectivity index (χ2v) is 5.37. The molecule has 18 heavy (non-hydrogen) atoms. The molecule has 1 amide bonds. The van der Waals surface area contributed by atoms with Crippen molar-refractivity contribution in [3.63, 3.8) is 0 Å². The van der Waals surface area contributed by atoms with E-state index in [0.29, 0.717) is 13.0 Å². The van der Waals surface area contributed by atoms with Crippen LogP contribution in [0.4, 0.5) is 0 Å². The van der Waals surface area contributed by atoms with E-state index in [-0.39, 0.29) is 11.4 Å². The number of rotatable bonds is 5. The summed E-state index contributed by atoms with van der Waals surface area (Å²) in [6, 6.07) is 3.97. The Labute approximate surface area is 109 Å². The van der Waals surface area contributed by atoms with E-state index < -0.39 is 0 Å². The van der Waals surface area contributed by atoms with Gasteiger partial charge in [0.1, 0.15) is 0 Å². The Morgan fingerprint density at radius 2 is 1.89 bits per heavy atom. The highest BCUT2D eigenvalue weighted by Crippen LogP contribution is 2.28. The predicted octanol–water partition coefficient (Wildman–Crippen LogP) is 1.66. The fraction of sp³-hybridized carbons (Fsp3) is 0.643. The van der Waals surface area contributed by atoms with Crippen molar-refractivity contribution in [3.8, 4) is 0 Å². The van der Waals surface area contributed by atoms with Gasteiger partial charge in [0, 0.05) is 37.4 Å². The molecule has 1 fully saturated rings. The van der Waals surface area contributed by atoms with E-state index in [4.69, 9.17) is 5.73 Å². The fourth-order valence-corrected chi connectivity index (χ4v) is 2.66. The standard InChI is InChI=1S/C14H23N3O/c15-14(6-2-1-3-7-14)12-13(18)16-8-11-17-9-4-5-10-17/h4-5,9-10H,1-3,6-8,11-12,15H2,(H,16,18). The Morgan fingerprint density at radius 3 is 2.56 bits per heavy atom. The molecule has 2 rings (SSSR count). The van der Waals surface area contributed by atoms with E-state index >= 15 is 0 Å². The molecule has 4 heteroatoms. The van der Waals surface area contributed by atoms with Crippen molar-refractivity contribution in [1.82, 2.24) is 9.88 Å². The SMILES string of the molecule is NC1(CC(=O)NCCn2cccc2)CCCCC1. The largest absolute Gasteiger partial charge is 0.354 e. The van der Waals surface area contributed by atoms with Gasteiger partial charge in [-0.3, -0.25) is 4.79 Å². The van der Waals surface area contributed by atoms with Gasteiger partial charge in [0.2, 0.25) is 5.91 Å². The Balaban J connectivity index is 1.68. The van der Waals surface area contributed by atoms with Gasteiger partial charge in [-0.25, -0.2) is 0 Å². The summed E-state index contributed by atoms with van der Waals surface area (Å²) >= 11 is 0. The summed E-state index contributed by atoms with van der Waals surface area (Å²) in [6.45, 7) is 1.49. The number of nitrogens with two attached hydrogens (primary N) is 1. The van der Waals surface area contributed by atoms with Crippen LogP contribution in [-0.2, 0) is 11.3 Å². The van der Waals surface area contributed by atoms with Gasteiger partial charge in [-0.1, -0.05) is 19.3 Å². The first-order valence-electron chi connectivity index (χ1n) is 6.84. The minimum absolute atomic E-state index is 0.0894. The highest BCUT2D eigenvalue weighted by Gasteiger charge is 2.29. The summed E-state index contributed by atoms with van der Waals surface area (Å²) in [5.41, 5.74) is 6.01. The molecule has 0 aliphatic heterocycles. The number of carbonyl (C=O) groups is 1. The molecule has 1 aliphatic rings. The zero-order valence-electron chi connectivity index (χ0n) is 10.9. The lowest BCUT2D eigenvalue weighted by molar-refractivity contribution is -0.122. The van der Waals surface area contributed by atoms with Crippen molar-refractivity contribution in [1.29, 1.82) is 0 Å². The van der Waals surface area contributed by atoms with Gasteiger partial charge in [-0.05, 0) is 25.0 Å². The lowest BCUT2D eigenvalue weighted by Gasteiger charge is -2.32. The van der Waals surface area contributed by atoms with Crippen LogP contribution in [0.15, 0.2) is 24.5 Å². The quantitative estimate of drug-likeness (QED) is 0.833. The topological polar surface area (TPSA) is 60.1 Å². The summed E-state index contributed by atoms with van der Waals surface area (Å²) in [5, 5.41) is 2.95. The lowest BCUT2D eigenvalue weighted by Crippen LogP contribution is -2.46. The normalized spacial score (nSPS) is 18.5. The van der Waals surface area contributed by atoms with E-state index in [1.165, 1.54) is 6.42 Å². The maximum Gasteiger partial charge on any atom is 0.221 e. The van der Waals surface area contributed by atoms with Crippen molar-refractivity contribution in [2.45, 2.75) is 50.6 Å². The van der Waals surface area contributed by atoms with Crippen molar-refractivity contribution < 1.29 is 4.79 Å². The molecule has 1 heterocycles. The molecule has 0 bridgehead atoms. The molecule has 0 radical (unpaired) electrons. The summed E-state index contributed by atoms with van der Waals surface area (Å²) in [5.74, 6) is 0.0894. The first-order chi connectivity index (χ1) is 8.68. The molecule has 1 aromatic rings. The number of amides is 1. The van der Waals surface area contributed by atoms with Gasteiger partial charge in [-0.15, -0.1) is 0 Å². The zero-order chi connectivity index (χ0) is 12.8. The lowest BCUT2D eigenvalue weighted by atomic mass is 9.80. The van der Waals surface area contributed by atoms with Crippen LogP contribution in [0.2, 0.25) is 0 Å². The Morgan fingerprint density at radius 1 is 1.22 bits per heavy atom. The minimum atomic E-state index is -0.254. The van der Waals surface area contributed by atoms with Crippen molar-refractivity contribution >= 4 is 5.91 Å². The molecule has 0 unspecified atom stereocenters. The second-order valence-electron chi connectivity index (χ2n) is 5.37. The van der Waals surface area contributed by atoms with Gasteiger partial charge in [-0.2, -0.15) is 0 Å². The first kappa shape index (κ1) is 13.1. The van der Waals surface area contributed by atoms with E-state index in [9.17, 15) is 4.79 Å². The third kappa shape index (κ3) is 3.88. The van der Waals surface area contributed by atoms with Crippen LogP contribution >= 0.6 is 0 Å². The van der Waals surface area contributed by atoms with Crippen LogP contribution < -0.4 is 11.1 Å². The average Bonchev–Trinajstić information content (AvgIpc) is 2.82. The van der Waals surface area contributed by atoms with Gasteiger partial charge in [0.05, 0.1) is 0 Å². The number of hydrogen-bond donors (Lipinski definition) is 2. The number of nitrogens with one attached hydrogen (secondary N) is 1. The first-order valence-corrected chi connectivity index (χ1v) is 6.84. The zero-order valence-corrected chi connectivity index (χ0v) is 10.9. The van der Waals surface area contributed by atoms with Crippen LogP contribution in [0.1, 0.15) is 38.5 Å². The molecule has 0 saturated heterocycles. The highest BCUT2D eigenvalue weighted by atomic mass is 16.1.